The lowest BCUT2D eigenvalue weighted by Gasteiger charge is -2.42. The van der Waals surface area contributed by atoms with Gasteiger partial charge in [0.2, 0.25) is 5.79 Å². The minimum absolute atomic E-state index is 0.379. The fourth-order valence-electron chi connectivity index (χ4n) is 2.89. The summed E-state index contributed by atoms with van der Waals surface area (Å²) in [7, 11) is 8.03. The largest absolute Gasteiger partial charge is 0.496 e. The molecule has 23 heavy (non-hydrogen) atoms. The minimum atomic E-state index is -0.928. The summed E-state index contributed by atoms with van der Waals surface area (Å²) in [5, 5.41) is 0.454. The molecule has 1 aromatic rings. The van der Waals surface area contributed by atoms with Crippen LogP contribution in [0.15, 0.2) is 12.1 Å². The van der Waals surface area contributed by atoms with E-state index in [1.807, 2.05) is 12.1 Å². The van der Waals surface area contributed by atoms with E-state index >= 15 is 0 Å². The van der Waals surface area contributed by atoms with E-state index in [0.717, 1.165) is 16.9 Å². The summed E-state index contributed by atoms with van der Waals surface area (Å²) in [5.41, 5.74) is 1.80. The Balaban J connectivity index is 2.53. The van der Waals surface area contributed by atoms with Gasteiger partial charge in [0.1, 0.15) is 17.6 Å². The van der Waals surface area contributed by atoms with Gasteiger partial charge >= 0.3 is 0 Å². The summed E-state index contributed by atoms with van der Waals surface area (Å²) in [6.45, 7) is 0. The van der Waals surface area contributed by atoms with Gasteiger partial charge in [-0.05, 0) is 12.1 Å². The maximum absolute atomic E-state index is 6.10. The molecule has 130 valence electrons. The number of fused-ring (bicyclic) bond motifs is 1. The molecule has 0 spiro atoms. The zero-order chi connectivity index (χ0) is 17.0. The van der Waals surface area contributed by atoms with E-state index in [1.54, 1.807) is 35.5 Å². The van der Waals surface area contributed by atoms with E-state index in [1.165, 1.54) is 0 Å². The minimum Gasteiger partial charge on any atom is -0.496 e. The van der Waals surface area contributed by atoms with Gasteiger partial charge in [0.05, 0.1) is 25.1 Å². The molecule has 0 saturated heterocycles. The number of methoxy groups -OCH3 is 5. The standard InChI is InChI=1S/C16H23BrO6/c1-18-11-6-7-12(19-2)14-10(11)8-13(23-15(14)20-3)16(9-17,21-4)22-5/h6-7,13,15H,8-9H2,1-5H3/t13-,15-/m0/s1. The fourth-order valence-corrected chi connectivity index (χ4v) is 3.71. The van der Waals surface area contributed by atoms with Crippen molar-refractivity contribution in [3.8, 4) is 11.5 Å². The second kappa shape index (κ2) is 7.81. The van der Waals surface area contributed by atoms with Crippen molar-refractivity contribution in [2.45, 2.75) is 24.6 Å². The van der Waals surface area contributed by atoms with Crippen molar-refractivity contribution >= 4 is 15.9 Å². The fraction of sp³-hybridized carbons (Fsp3) is 0.625. The zero-order valence-corrected chi connectivity index (χ0v) is 15.6. The van der Waals surface area contributed by atoms with Crippen LogP contribution in [-0.4, -0.2) is 52.8 Å². The van der Waals surface area contributed by atoms with Crippen LogP contribution in [0.2, 0.25) is 0 Å². The van der Waals surface area contributed by atoms with Crippen LogP contribution in [0, 0.1) is 0 Å². The van der Waals surface area contributed by atoms with Crippen LogP contribution in [0.1, 0.15) is 17.4 Å². The SMILES string of the molecule is COc1ccc(OC)c2c1C[C@@H](C(CBr)(OC)OC)O[C@@H]2OC. The molecular weight excluding hydrogens is 368 g/mol. The number of hydrogen-bond acceptors (Lipinski definition) is 6. The average molecular weight is 391 g/mol. The maximum atomic E-state index is 6.10. The van der Waals surface area contributed by atoms with E-state index in [-0.39, 0.29) is 6.10 Å². The molecule has 0 radical (unpaired) electrons. The number of hydrogen-bond donors (Lipinski definition) is 0. The highest BCUT2D eigenvalue weighted by Crippen LogP contribution is 2.44. The van der Waals surface area contributed by atoms with Gasteiger partial charge in [0, 0.05) is 33.3 Å². The Morgan fingerprint density at radius 2 is 1.70 bits per heavy atom. The van der Waals surface area contributed by atoms with Gasteiger partial charge in [0.15, 0.2) is 6.29 Å². The van der Waals surface area contributed by atoms with E-state index in [0.29, 0.717) is 17.5 Å². The Kier molecular flexibility index (Phi) is 6.27. The Morgan fingerprint density at radius 1 is 1.09 bits per heavy atom. The first kappa shape index (κ1) is 18.5. The van der Waals surface area contributed by atoms with Gasteiger partial charge in [-0.2, -0.15) is 0 Å². The van der Waals surface area contributed by atoms with Crippen molar-refractivity contribution in [3.05, 3.63) is 23.3 Å². The summed E-state index contributed by atoms with van der Waals surface area (Å²) >= 11 is 3.45. The summed E-state index contributed by atoms with van der Waals surface area (Å²) in [6, 6.07) is 3.72. The Hall–Kier alpha value is -0.860. The molecule has 0 bridgehead atoms. The third-order valence-electron chi connectivity index (χ3n) is 4.21. The van der Waals surface area contributed by atoms with Crippen LogP contribution in [-0.2, 0) is 25.4 Å². The van der Waals surface area contributed by atoms with Crippen molar-refractivity contribution in [3.63, 3.8) is 0 Å². The Bertz CT molecular complexity index is 523. The van der Waals surface area contributed by atoms with Gasteiger partial charge < -0.3 is 28.4 Å². The summed E-state index contributed by atoms with van der Waals surface area (Å²) in [5.74, 6) is 0.528. The third kappa shape index (κ3) is 3.21. The second-order valence-corrected chi connectivity index (χ2v) is 5.67. The van der Waals surface area contributed by atoms with Crippen molar-refractivity contribution in [1.82, 2.24) is 0 Å². The summed E-state index contributed by atoms with van der Waals surface area (Å²) < 4.78 is 33.8. The van der Waals surface area contributed by atoms with E-state index < -0.39 is 12.1 Å². The van der Waals surface area contributed by atoms with Gasteiger partial charge in [-0.15, -0.1) is 0 Å². The molecular formula is C16H23BrO6. The molecule has 1 heterocycles. The van der Waals surface area contributed by atoms with Crippen molar-refractivity contribution in [2.24, 2.45) is 0 Å². The van der Waals surface area contributed by atoms with Crippen LogP contribution in [0.25, 0.3) is 0 Å². The molecule has 7 heteroatoms. The zero-order valence-electron chi connectivity index (χ0n) is 14.1. The molecule has 0 aliphatic carbocycles. The molecule has 1 aromatic carbocycles. The first-order valence-corrected chi connectivity index (χ1v) is 8.31. The molecule has 2 rings (SSSR count). The van der Waals surface area contributed by atoms with E-state index in [9.17, 15) is 0 Å². The molecule has 0 saturated carbocycles. The van der Waals surface area contributed by atoms with Crippen LogP contribution >= 0.6 is 15.9 Å². The average Bonchev–Trinajstić information content (AvgIpc) is 2.61. The topological polar surface area (TPSA) is 55.4 Å². The van der Waals surface area contributed by atoms with Crippen LogP contribution in [0.3, 0.4) is 0 Å². The van der Waals surface area contributed by atoms with Gasteiger partial charge in [-0.25, -0.2) is 0 Å². The van der Waals surface area contributed by atoms with Crippen LogP contribution in [0.4, 0.5) is 0 Å². The lowest BCUT2D eigenvalue weighted by molar-refractivity contribution is -0.294. The normalized spacial score (nSPS) is 21.0. The molecule has 2 atom stereocenters. The number of halogens is 1. The second-order valence-electron chi connectivity index (χ2n) is 5.11. The highest BCUT2D eigenvalue weighted by atomic mass is 79.9. The Morgan fingerprint density at radius 3 is 2.17 bits per heavy atom. The van der Waals surface area contributed by atoms with Gasteiger partial charge in [-0.3, -0.25) is 0 Å². The lowest BCUT2D eigenvalue weighted by atomic mass is 9.92. The third-order valence-corrected chi connectivity index (χ3v) is 4.99. The molecule has 0 N–H and O–H groups in total. The molecule has 6 nitrogen and oxygen atoms in total. The highest BCUT2D eigenvalue weighted by molar-refractivity contribution is 9.09. The predicted molar refractivity (Wildman–Crippen MR) is 88.4 cm³/mol. The first-order valence-electron chi connectivity index (χ1n) is 7.19. The quantitative estimate of drug-likeness (QED) is 0.526. The number of rotatable bonds is 7. The lowest BCUT2D eigenvalue weighted by Crippen LogP contribution is -2.52. The van der Waals surface area contributed by atoms with Crippen LogP contribution in [0.5, 0.6) is 11.5 Å². The molecule has 1 aliphatic heterocycles. The Labute approximate surface area is 145 Å². The van der Waals surface area contributed by atoms with Crippen molar-refractivity contribution < 1.29 is 28.4 Å². The number of alkyl halides is 1. The molecule has 0 aromatic heterocycles. The predicted octanol–water partition coefficient (Wildman–Crippen LogP) is 2.67. The smallest absolute Gasteiger partial charge is 0.204 e. The van der Waals surface area contributed by atoms with Crippen molar-refractivity contribution in [2.75, 3.05) is 40.9 Å². The summed E-state index contributed by atoms with van der Waals surface area (Å²) in [4.78, 5) is 0. The monoisotopic (exact) mass is 390 g/mol. The number of ether oxygens (including phenoxy) is 6. The highest BCUT2D eigenvalue weighted by Gasteiger charge is 2.46. The van der Waals surface area contributed by atoms with Gasteiger partial charge in [0.25, 0.3) is 0 Å². The maximum Gasteiger partial charge on any atom is 0.204 e. The van der Waals surface area contributed by atoms with E-state index in [4.69, 9.17) is 28.4 Å². The number of benzene rings is 1. The molecule has 0 fully saturated rings. The first-order chi connectivity index (χ1) is 11.1. The van der Waals surface area contributed by atoms with E-state index in [2.05, 4.69) is 15.9 Å². The van der Waals surface area contributed by atoms with Crippen LogP contribution < -0.4 is 9.47 Å². The van der Waals surface area contributed by atoms with Crippen molar-refractivity contribution in [1.29, 1.82) is 0 Å². The molecule has 1 aliphatic rings. The van der Waals surface area contributed by atoms with Gasteiger partial charge in [-0.1, -0.05) is 15.9 Å². The molecule has 0 amide bonds. The summed E-state index contributed by atoms with van der Waals surface area (Å²) in [6.07, 6.45) is -0.434. The molecule has 0 unspecified atom stereocenters.